The highest BCUT2D eigenvalue weighted by atomic mass is 32.1. The molecular weight excluding hydrogens is 565 g/mol. The van der Waals surface area contributed by atoms with E-state index in [0.717, 1.165) is 49.7 Å². The van der Waals surface area contributed by atoms with E-state index in [2.05, 4.69) is 77.4 Å². The van der Waals surface area contributed by atoms with Crippen molar-refractivity contribution in [3.63, 3.8) is 0 Å². The fraction of sp³-hybridized carbons (Fsp3) is 0.0541. The molecule has 0 saturated carbocycles. The van der Waals surface area contributed by atoms with Crippen molar-refractivity contribution in [3.8, 4) is 17.3 Å². The highest BCUT2D eigenvalue weighted by Crippen LogP contribution is 2.47. The Balaban J connectivity index is 1.53. The van der Waals surface area contributed by atoms with Crippen molar-refractivity contribution in [3.05, 3.63) is 147 Å². The Morgan fingerprint density at radius 2 is 1.50 bits per heavy atom. The van der Waals surface area contributed by atoms with E-state index in [1.807, 2.05) is 12.1 Å². The van der Waals surface area contributed by atoms with Crippen LogP contribution >= 0.6 is 11.3 Å². The number of hydrogen-bond donors (Lipinski definition) is 0. The van der Waals surface area contributed by atoms with E-state index in [-0.39, 0.29) is 5.95 Å². The zero-order valence-corrected chi connectivity index (χ0v) is 24.1. The molecule has 0 unspecified atom stereocenters. The number of nitrogens with zero attached hydrogens (tertiary/aromatic N) is 4. The lowest BCUT2D eigenvalue weighted by molar-refractivity contribution is 0.700. The molecule has 0 saturated heterocycles. The predicted molar refractivity (Wildman–Crippen MR) is 178 cm³/mol. The lowest BCUT2D eigenvalue weighted by Crippen LogP contribution is -2.42. The molecule has 0 fully saturated rings. The molecule has 0 spiro atoms. The SMILES string of the molecule is O=c1nc(-n2c3c(c4c5ccccc5c5c6ccccc6sc5c42)C=CCC3)n(-c2c#cccc2)c(=O)n1-c1ccccc1. The van der Waals surface area contributed by atoms with Gasteiger partial charge in [-0.2, -0.15) is 4.98 Å². The van der Waals surface area contributed by atoms with Crippen LogP contribution in [0.1, 0.15) is 17.7 Å². The van der Waals surface area contributed by atoms with Crippen molar-refractivity contribution < 1.29 is 0 Å². The number of thiophene rings is 1. The molecule has 0 N–H and O–H groups in total. The van der Waals surface area contributed by atoms with Gasteiger partial charge in [0.05, 0.1) is 15.9 Å². The van der Waals surface area contributed by atoms with Crippen molar-refractivity contribution >= 4 is 59.3 Å². The molecule has 7 heteroatoms. The quantitative estimate of drug-likeness (QED) is 0.217. The van der Waals surface area contributed by atoms with Gasteiger partial charge in [-0.3, -0.25) is 4.57 Å². The van der Waals surface area contributed by atoms with Crippen LogP contribution in [0.5, 0.6) is 0 Å². The van der Waals surface area contributed by atoms with Gasteiger partial charge in [0.1, 0.15) is 5.69 Å². The van der Waals surface area contributed by atoms with Crippen molar-refractivity contribution in [2.24, 2.45) is 0 Å². The Kier molecular flexibility index (Phi) is 5.31. The van der Waals surface area contributed by atoms with E-state index in [1.54, 1.807) is 47.7 Å². The molecule has 208 valence electrons. The summed E-state index contributed by atoms with van der Waals surface area (Å²) < 4.78 is 6.96. The van der Waals surface area contributed by atoms with Gasteiger partial charge < -0.3 is 0 Å². The van der Waals surface area contributed by atoms with Crippen LogP contribution in [0.2, 0.25) is 0 Å². The molecule has 44 heavy (non-hydrogen) atoms. The molecule has 8 aromatic rings. The molecule has 6 nitrogen and oxygen atoms in total. The van der Waals surface area contributed by atoms with Gasteiger partial charge in [0.15, 0.2) is 0 Å². The first-order chi connectivity index (χ1) is 21.7. The average Bonchev–Trinajstić information content (AvgIpc) is 3.62. The first-order valence-electron chi connectivity index (χ1n) is 14.5. The predicted octanol–water partition coefficient (Wildman–Crippen LogP) is 7.41. The second-order valence-corrected chi connectivity index (χ2v) is 11.9. The fourth-order valence-electron chi connectivity index (χ4n) is 6.68. The third-order valence-electron chi connectivity index (χ3n) is 8.48. The van der Waals surface area contributed by atoms with Crippen molar-refractivity contribution in [1.29, 1.82) is 0 Å². The fourth-order valence-corrected chi connectivity index (χ4v) is 7.94. The highest BCUT2D eigenvalue weighted by Gasteiger charge is 2.28. The van der Waals surface area contributed by atoms with Crippen LogP contribution < -0.4 is 11.4 Å². The Hall–Kier alpha value is -5.71. The molecular formula is C37H22N4O2S. The summed E-state index contributed by atoms with van der Waals surface area (Å²) in [5.74, 6) is 0.249. The van der Waals surface area contributed by atoms with E-state index in [1.165, 1.54) is 25.4 Å². The summed E-state index contributed by atoms with van der Waals surface area (Å²) in [7, 11) is 0. The van der Waals surface area contributed by atoms with Gasteiger partial charge in [0, 0.05) is 32.1 Å². The Morgan fingerprint density at radius 1 is 0.750 bits per heavy atom. The van der Waals surface area contributed by atoms with Gasteiger partial charge in [-0.05, 0) is 60.0 Å². The van der Waals surface area contributed by atoms with E-state index < -0.39 is 11.4 Å². The summed E-state index contributed by atoms with van der Waals surface area (Å²) in [5, 5.41) is 5.76. The minimum absolute atomic E-state index is 0.249. The van der Waals surface area contributed by atoms with Crippen LogP contribution in [0.4, 0.5) is 0 Å². The Labute approximate surface area is 255 Å². The Bertz CT molecular complexity index is 2590. The molecule has 9 rings (SSSR count). The molecule has 0 aliphatic heterocycles. The maximum absolute atomic E-state index is 14.5. The maximum atomic E-state index is 14.5. The van der Waals surface area contributed by atoms with Crippen LogP contribution in [-0.2, 0) is 6.42 Å². The second-order valence-electron chi connectivity index (χ2n) is 10.9. The molecule has 5 aromatic carbocycles. The number of para-hydroxylation sites is 1. The molecule has 0 radical (unpaired) electrons. The van der Waals surface area contributed by atoms with Gasteiger partial charge in [-0.1, -0.05) is 84.9 Å². The standard InChI is InChI=1S/C37H22N4O2S/c42-36-38-35(39(23-13-3-1-4-14-23)37(43)40(36)24-15-5-2-6-16-24)41-29-21-11-9-19-27(29)31-25-17-7-8-18-26(25)32-28-20-10-12-22-30(28)44-34(32)33(31)41/h1-3,5-10,12-13,15-20,22H,11,21H2. The van der Waals surface area contributed by atoms with Gasteiger partial charge in [-0.25, -0.2) is 18.7 Å². The Morgan fingerprint density at radius 3 is 2.30 bits per heavy atom. The number of hydrogen-bond acceptors (Lipinski definition) is 4. The largest absolute Gasteiger partial charge is 0.359 e. The van der Waals surface area contributed by atoms with Crippen molar-refractivity contribution in [1.82, 2.24) is 18.7 Å². The molecule has 1 aliphatic carbocycles. The minimum atomic E-state index is -0.636. The summed E-state index contributed by atoms with van der Waals surface area (Å²) in [6, 6.07) is 37.3. The van der Waals surface area contributed by atoms with Crippen LogP contribution in [0.3, 0.4) is 0 Å². The van der Waals surface area contributed by atoms with Gasteiger partial charge >= 0.3 is 11.4 Å². The molecule has 3 aromatic heterocycles. The maximum Gasteiger partial charge on any atom is 0.359 e. The summed E-state index contributed by atoms with van der Waals surface area (Å²) in [6.07, 6.45) is 5.96. The molecule has 0 bridgehead atoms. The molecule has 1 aliphatic rings. The zero-order valence-electron chi connectivity index (χ0n) is 23.3. The van der Waals surface area contributed by atoms with Gasteiger partial charge in [0.2, 0.25) is 5.95 Å². The monoisotopic (exact) mass is 586 g/mol. The minimum Gasteiger partial charge on any atom is -0.281 e. The lowest BCUT2D eigenvalue weighted by atomic mass is 9.96. The molecule has 0 amide bonds. The van der Waals surface area contributed by atoms with Crippen LogP contribution in [0.25, 0.3) is 65.2 Å². The van der Waals surface area contributed by atoms with E-state index in [9.17, 15) is 9.59 Å². The van der Waals surface area contributed by atoms with Gasteiger partial charge in [-0.15, -0.1) is 11.3 Å². The first-order valence-corrected chi connectivity index (χ1v) is 15.3. The first kappa shape index (κ1) is 24.8. The highest BCUT2D eigenvalue weighted by molar-refractivity contribution is 7.27. The van der Waals surface area contributed by atoms with Crippen LogP contribution in [-0.4, -0.2) is 18.7 Å². The van der Waals surface area contributed by atoms with Gasteiger partial charge in [0.25, 0.3) is 0 Å². The summed E-state index contributed by atoms with van der Waals surface area (Å²) >= 11 is 1.73. The van der Waals surface area contributed by atoms with E-state index in [4.69, 9.17) is 4.98 Å². The van der Waals surface area contributed by atoms with E-state index >= 15 is 0 Å². The van der Waals surface area contributed by atoms with Crippen molar-refractivity contribution in [2.45, 2.75) is 12.8 Å². The lowest BCUT2D eigenvalue weighted by Gasteiger charge is -2.18. The topological polar surface area (TPSA) is 61.8 Å². The normalized spacial score (nSPS) is 12.7. The van der Waals surface area contributed by atoms with Crippen molar-refractivity contribution in [2.75, 3.05) is 0 Å². The van der Waals surface area contributed by atoms with Crippen LogP contribution in [0.15, 0.2) is 113 Å². The number of allylic oxidation sites excluding steroid dienone is 1. The summed E-state index contributed by atoms with van der Waals surface area (Å²) in [4.78, 5) is 33.0. The van der Waals surface area contributed by atoms with E-state index in [0.29, 0.717) is 11.4 Å². The number of aromatic nitrogens is 4. The molecule has 0 atom stereocenters. The average molecular weight is 587 g/mol. The second kappa shape index (κ2) is 9.40. The summed E-state index contributed by atoms with van der Waals surface area (Å²) in [5.41, 5.74) is 2.83. The smallest absolute Gasteiger partial charge is 0.281 e. The third kappa shape index (κ3) is 3.40. The molecule has 3 heterocycles. The number of rotatable bonds is 3. The zero-order chi connectivity index (χ0) is 29.4. The third-order valence-corrected chi connectivity index (χ3v) is 9.66. The van der Waals surface area contributed by atoms with Crippen LogP contribution in [0, 0.1) is 12.1 Å². The number of benzene rings is 4. The summed E-state index contributed by atoms with van der Waals surface area (Å²) in [6.45, 7) is 0. The number of fused-ring (bicyclic) bond motifs is 10.